The lowest BCUT2D eigenvalue weighted by Crippen LogP contribution is -2.19. The molecule has 0 atom stereocenters. The smallest absolute Gasteiger partial charge is 0.228 e. The van der Waals surface area contributed by atoms with Crippen LogP contribution < -0.4 is 16.7 Å². The average molecular weight is 319 g/mol. The highest BCUT2D eigenvalue weighted by Crippen LogP contribution is 2.17. The van der Waals surface area contributed by atoms with Crippen LogP contribution in [-0.4, -0.2) is 21.6 Å². The lowest BCUT2D eigenvalue weighted by atomic mass is 10.1. The summed E-state index contributed by atoms with van der Waals surface area (Å²) < 4.78 is 1.64. The average Bonchev–Trinajstić information content (AvgIpc) is 2.53. The van der Waals surface area contributed by atoms with Crippen molar-refractivity contribution >= 4 is 23.3 Å². The van der Waals surface area contributed by atoms with Crippen molar-refractivity contribution in [1.29, 1.82) is 5.41 Å². The SMILES string of the molecule is CC.CCNc1ccc(/C(C)=C/n2ccc(N)nc2=N)cc1.O.[HH]. The van der Waals surface area contributed by atoms with Crippen LogP contribution in [0.2, 0.25) is 0 Å². The molecule has 0 fully saturated rings. The number of benzene rings is 1. The van der Waals surface area contributed by atoms with Crippen LogP contribution in [0.1, 0.15) is 34.7 Å². The van der Waals surface area contributed by atoms with Gasteiger partial charge in [0, 0.05) is 26.1 Å². The number of nitrogens with one attached hydrogen (secondary N) is 2. The van der Waals surface area contributed by atoms with Gasteiger partial charge in [-0.05, 0) is 43.2 Å². The van der Waals surface area contributed by atoms with E-state index in [2.05, 4.69) is 29.4 Å². The standard InChI is InChI=1S/C15H19N5.C2H6.H2O.H2/c1-3-18-13-6-4-12(5-7-13)11(2)10-20-9-8-14(16)19-15(20)17;1-2;;/h4-10,18H,3H2,1-2H3,(H3,16,17,19);1-2H3;1H2;1H/b11-10+;;;. The Kier molecular flexibility index (Phi) is 9.03. The fraction of sp³-hybridized carbons (Fsp3) is 0.294. The fourth-order valence-corrected chi connectivity index (χ4v) is 1.89. The van der Waals surface area contributed by atoms with Crippen molar-refractivity contribution in [2.45, 2.75) is 27.7 Å². The minimum Gasteiger partial charge on any atom is -0.412 e. The van der Waals surface area contributed by atoms with Gasteiger partial charge < -0.3 is 16.5 Å². The van der Waals surface area contributed by atoms with Gasteiger partial charge in [0.25, 0.3) is 0 Å². The molecule has 6 N–H and O–H groups in total. The summed E-state index contributed by atoms with van der Waals surface area (Å²) in [6.07, 6.45) is 3.61. The van der Waals surface area contributed by atoms with Crippen LogP contribution in [0.4, 0.5) is 11.5 Å². The molecule has 6 nitrogen and oxygen atoms in total. The summed E-state index contributed by atoms with van der Waals surface area (Å²) in [5, 5.41) is 11.0. The van der Waals surface area contributed by atoms with Gasteiger partial charge in [0.2, 0.25) is 5.62 Å². The molecule has 0 aliphatic carbocycles. The Hall–Kier alpha value is -2.60. The van der Waals surface area contributed by atoms with Crippen LogP contribution in [0.5, 0.6) is 0 Å². The topological polar surface area (TPSA) is 111 Å². The van der Waals surface area contributed by atoms with Gasteiger partial charge in [0.1, 0.15) is 5.82 Å². The number of aromatic nitrogens is 2. The molecule has 0 bridgehead atoms. The van der Waals surface area contributed by atoms with E-state index in [1.165, 1.54) is 0 Å². The van der Waals surface area contributed by atoms with E-state index in [-0.39, 0.29) is 12.5 Å². The first-order valence-corrected chi connectivity index (χ1v) is 7.52. The van der Waals surface area contributed by atoms with Crippen LogP contribution in [-0.2, 0) is 0 Å². The maximum absolute atomic E-state index is 7.77. The largest absolute Gasteiger partial charge is 0.412 e. The Bertz CT molecular complexity index is 680. The summed E-state index contributed by atoms with van der Waals surface area (Å²) in [5.74, 6) is 0.354. The Morgan fingerprint density at radius 2 is 1.91 bits per heavy atom. The molecule has 6 heteroatoms. The Morgan fingerprint density at radius 3 is 2.43 bits per heavy atom. The number of anilines is 2. The van der Waals surface area contributed by atoms with Crippen LogP contribution in [0.15, 0.2) is 36.5 Å². The quantitative estimate of drug-likeness (QED) is 0.805. The van der Waals surface area contributed by atoms with Crippen LogP contribution in [0, 0.1) is 5.41 Å². The molecular formula is C17H29N5O. The second-order valence-electron chi connectivity index (χ2n) is 4.50. The molecule has 1 heterocycles. The third-order valence-corrected chi connectivity index (χ3v) is 2.94. The maximum atomic E-state index is 7.77. The summed E-state index contributed by atoms with van der Waals surface area (Å²) in [5.41, 5.74) is 8.93. The van der Waals surface area contributed by atoms with E-state index in [1.54, 1.807) is 16.8 Å². The van der Waals surface area contributed by atoms with Crippen molar-refractivity contribution in [3.63, 3.8) is 0 Å². The summed E-state index contributed by atoms with van der Waals surface area (Å²) in [6, 6.07) is 9.88. The van der Waals surface area contributed by atoms with Crippen molar-refractivity contribution in [2.75, 3.05) is 17.6 Å². The van der Waals surface area contributed by atoms with Crippen LogP contribution in [0.3, 0.4) is 0 Å². The van der Waals surface area contributed by atoms with Crippen molar-refractivity contribution in [3.05, 3.63) is 47.7 Å². The molecule has 1 aromatic carbocycles. The summed E-state index contributed by atoms with van der Waals surface area (Å²) in [6.45, 7) is 8.98. The summed E-state index contributed by atoms with van der Waals surface area (Å²) in [4.78, 5) is 3.91. The molecule has 0 radical (unpaired) electrons. The number of allylic oxidation sites excluding steroid dienone is 1. The Balaban J connectivity index is 0. The summed E-state index contributed by atoms with van der Waals surface area (Å²) >= 11 is 0. The van der Waals surface area contributed by atoms with Gasteiger partial charge >= 0.3 is 0 Å². The molecule has 1 aromatic heterocycles. The third-order valence-electron chi connectivity index (χ3n) is 2.94. The monoisotopic (exact) mass is 319 g/mol. The minimum atomic E-state index is 0. The number of nitrogen functional groups attached to an aromatic ring is 1. The molecule has 0 amide bonds. The lowest BCUT2D eigenvalue weighted by molar-refractivity contribution is 0.824. The van der Waals surface area contributed by atoms with E-state index in [1.807, 2.05) is 39.1 Å². The molecule has 0 unspecified atom stereocenters. The number of hydrogen-bond donors (Lipinski definition) is 3. The molecule has 2 aromatic rings. The fourth-order valence-electron chi connectivity index (χ4n) is 1.89. The van der Waals surface area contributed by atoms with E-state index in [0.29, 0.717) is 5.82 Å². The van der Waals surface area contributed by atoms with Gasteiger partial charge in [-0.1, -0.05) is 26.0 Å². The van der Waals surface area contributed by atoms with Gasteiger partial charge in [-0.3, -0.25) is 9.98 Å². The highest BCUT2D eigenvalue weighted by atomic mass is 16.0. The van der Waals surface area contributed by atoms with Gasteiger partial charge in [0.05, 0.1) is 0 Å². The van der Waals surface area contributed by atoms with E-state index >= 15 is 0 Å². The van der Waals surface area contributed by atoms with Crippen LogP contribution >= 0.6 is 0 Å². The lowest BCUT2D eigenvalue weighted by Gasteiger charge is -2.07. The zero-order valence-corrected chi connectivity index (χ0v) is 14.2. The molecule has 0 saturated carbocycles. The zero-order valence-electron chi connectivity index (χ0n) is 14.2. The molecule has 0 aliphatic rings. The molecular weight excluding hydrogens is 290 g/mol. The van der Waals surface area contributed by atoms with Gasteiger partial charge in [-0.15, -0.1) is 0 Å². The second kappa shape index (κ2) is 10.2. The third kappa shape index (κ3) is 5.96. The molecule has 0 aliphatic heterocycles. The van der Waals surface area contributed by atoms with Crippen LogP contribution in [0.25, 0.3) is 11.8 Å². The minimum absolute atomic E-state index is 0. The van der Waals surface area contributed by atoms with Crippen molar-refractivity contribution in [3.8, 4) is 0 Å². The molecule has 0 saturated heterocycles. The predicted molar refractivity (Wildman–Crippen MR) is 100 cm³/mol. The first-order chi connectivity index (χ1) is 10.6. The van der Waals surface area contributed by atoms with E-state index in [9.17, 15) is 0 Å². The first-order valence-electron chi connectivity index (χ1n) is 7.52. The van der Waals surface area contributed by atoms with E-state index < -0.39 is 0 Å². The van der Waals surface area contributed by atoms with Crippen molar-refractivity contribution < 1.29 is 6.90 Å². The van der Waals surface area contributed by atoms with Gasteiger partial charge in [0.15, 0.2) is 0 Å². The van der Waals surface area contributed by atoms with Gasteiger partial charge in [-0.25, -0.2) is 0 Å². The molecule has 0 spiro atoms. The zero-order chi connectivity index (χ0) is 16.5. The van der Waals surface area contributed by atoms with E-state index in [0.717, 1.165) is 23.4 Å². The highest BCUT2D eigenvalue weighted by molar-refractivity contribution is 5.74. The van der Waals surface area contributed by atoms with Gasteiger partial charge in [-0.2, -0.15) is 4.98 Å². The predicted octanol–water partition coefficient (Wildman–Crippen LogP) is 2.84. The van der Waals surface area contributed by atoms with Crippen molar-refractivity contribution in [1.82, 2.24) is 9.55 Å². The molecule has 23 heavy (non-hydrogen) atoms. The number of nitrogens with zero attached hydrogens (tertiary/aromatic N) is 2. The number of nitrogens with two attached hydrogens (primary N) is 1. The normalized spacial score (nSPS) is 10.2. The number of hydrogen-bond acceptors (Lipinski definition) is 4. The first kappa shape index (κ1) is 20.4. The highest BCUT2D eigenvalue weighted by Gasteiger charge is 1.98. The van der Waals surface area contributed by atoms with E-state index in [4.69, 9.17) is 11.1 Å². The molecule has 128 valence electrons. The maximum Gasteiger partial charge on any atom is 0.228 e. The molecule has 2 rings (SSSR count). The van der Waals surface area contributed by atoms with Crippen molar-refractivity contribution in [2.24, 2.45) is 0 Å². The number of rotatable bonds is 4. The summed E-state index contributed by atoms with van der Waals surface area (Å²) in [7, 11) is 0. The Labute approximate surface area is 139 Å². The Morgan fingerprint density at radius 1 is 1.30 bits per heavy atom. The second-order valence-corrected chi connectivity index (χ2v) is 4.50.